The summed E-state index contributed by atoms with van der Waals surface area (Å²) >= 11 is 0. The molecule has 9 nitrogen and oxygen atoms in total. The summed E-state index contributed by atoms with van der Waals surface area (Å²) < 4.78 is 15.2. The number of nitrogens with one attached hydrogen (secondary N) is 1. The minimum absolute atomic E-state index is 0.0202. The topological polar surface area (TPSA) is 125 Å². The van der Waals surface area contributed by atoms with Gasteiger partial charge in [-0.15, -0.1) is 0 Å². The largest absolute Gasteiger partial charge is 0.384 e. The number of nitriles is 1. The first kappa shape index (κ1) is 18.6. The maximum atomic E-state index is 13.7. The molecule has 3 aromatic heterocycles. The first-order valence-electron chi connectivity index (χ1n) is 9.22. The summed E-state index contributed by atoms with van der Waals surface area (Å²) in [4.78, 5) is 26.7. The van der Waals surface area contributed by atoms with Gasteiger partial charge in [0.1, 0.15) is 35.2 Å². The number of amides is 1. The molecule has 0 saturated carbocycles. The molecule has 148 valence electrons. The lowest BCUT2D eigenvalue weighted by atomic mass is 10.1. The van der Waals surface area contributed by atoms with E-state index in [1.165, 1.54) is 12.3 Å². The lowest BCUT2D eigenvalue weighted by Crippen LogP contribution is -2.45. The number of carbonyl (C=O) groups is 1. The van der Waals surface area contributed by atoms with Crippen LogP contribution in [0, 0.1) is 17.1 Å². The average Bonchev–Trinajstić information content (AvgIpc) is 3.11. The molecule has 0 unspecified atom stereocenters. The number of anilines is 2. The number of rotatable bonds is 4. The molecule has 1 saturated heterocycles. The summed E-state index contributed by atoms with van der Waals surface area (Å²) in [7, 11) is 0. The third-order valence-corrected chi connectivity index (χ3v) is 4.80. The molecule has 0 bridgehead atoms. The monoisotopic (exact) mass is 394 g/mol. The van der Waals surface area contributed by atoms with Crippen LogP contribution in [0.4, 0.5) is 16.0 Å². The Labute approximate surface area is 166 Å². The number of carbonyl (C=O) groups excluding carboxylic acids is 1. The van der Waals surface area contributed by atoms with Crippen LogP contribution in [-0.4, -0.2) is 49.3 Å². The lowest BCUT2D eigenvalue weighted by molar-refractivity contribution is -0.131. The van der Waals surface area contributed by atoms with E-state index in [0.717, 1.165) is 12.8 Å². The van der Waals surface area contributed by atoms with Crippen LogP contribution in [0.5, 0.6) is 0 Å². The van der Waals surface area contributed by atoms with E-state index in [0.29, 0.717) is 36.1 Å². The molecule has 4 heterocycles. The van der Waals surface area contributed by atoms with Crippen LogP contribution in [0.25, 0.3) is 17.2 Å². The average molecular weight is 394 g/mol. The molecular weight excluding hydrogens is 375 g/mol. The van der Waals surface area contributed by atoms with Crippen molar-refractivity contribution in [3.63, 3.8) is 0 Å². The van der Waals surface area contributed by atoms with Gasteiger partial charge < -0.3 is 16.0 Å². The Balaban J connectivity index is 1.58. The van der Waals surface area contributed by atoms with Crippen molar-refractivity contribution >= 4 is 23.2 Å². The summed E-state index contributed by atoms with van der Waals surface area (Å²) in [6.45, 7) is 1.13. The molecular formula is C19H19FN8O. The highest BCUT2D eigenvalue weighted by atomic mass is 19.1. The maximum Gasteiger partial charge on any atom is 0.236 e. The molecule has 1 atom stereocenters. The minimum atomic E-state index is -0.400. The Kier molecular flexibility index (Phi) is 4.95. The quantitative estimate of drug-likeness (QED) is 0.691. The van der Waals surface area contributed by atoms with Gasteiger partial charge in [0.2, 0.25) is 5.91 Å². The Bertz CT molecular complexity index is 1110. The number of nitrogens with two attached hydrogens (primary N) is 1. The fourth-order valence-electron chi connectivity index (χ4n) is 3.48. The second-order valence-corrected chi connectivity index (χ2v) is 6.88. The van der Waals surface area contributed by atoms with Gasteiger partial charge in [0.25, 0.3) is 0 Å². The normalized spacial score (nSPS) is 16.6. The molecule has 0 radical (unpaired) electrons. The van der Waals surface area contributed by atoms with Gasteiger partial charge >= 0.3 is 0 Å². The first-order chi connectivity index (χ1) is 14.0. The zero-order chi connectivity index (χ0) is 20.4. The third-order valence-electron chi connectivity index (χ3n) is 4.80. The number of piperidine rings is 1. The van der Waals surface area contributed by atoms with E-state index >= 15 is 0 Å². The Hall–Kier alpha value is -3.74. The number of hydrogen-bond donors (Lipinski definition) is 2. The van der Waals surface area contributed by atoms with Crippen LogP contribution in [0.3, 0.4) is 0 Å². The van der Waals surface area contributed by atoms with Crippen LogP contribution >= 0.6 is 0 Å². The number of fused-ring (bicyclic) bond motifs is 1. The van der Waals surface area contributed by atoms with Crippen LogP contribution in [0.15, 0.2) is 30.6 Å². The fraction of sp³-hybridized carbons (Fsp3) is 0.316. The highest BCUT2D eigenvalue weighted by Gasteiger charge is 2.24. The van der Waals surface area contributed by atoms with Crippen molar-refractivity contribution < 1.29 is 9.18 Å². The molecule has 3 N–H and O–H groups in total. The van der Waals surface area contributed by atoms with Crippen LogP contribution in [0.2, 0.25) is 0 Å². The molecule has 1 aliphatic rings. The van der Waals surface area contributed by atoms with E-state index in [9.17, 15) is 9.18 Å². The van der Waals surface area contributed by atoms with Gasteiger partial charge in [0.05, 0.1) is 12.3 Å². The number of hydrogen-bond acceptors (Lipinski definition) is 7. The number of pyridine rings is 1. The zero-order valence-corrected chi connectivity index (χ0v) is 15.5. The number of imidazole rings is 1. The molecule has 0 spiro atoms. The van der Waals surface area contributed by atoms with Gasteiger partial charge in [0, 0.05) is 31.4 Å². The first-order valence-corrected chi connectivity index (χ1v) is 9.22. The Morgan fingerprint density at radius 1 is 1.41 bits per heavy atom. The number of halogens is 1. The van der Waals surface area contributed by atoms with Crippen molar-refractivity contribution in [2.75, 3.05) is 24.1 Å². The van der Waals surface area contributed by atoms with E-state index < -0.39 is 5.82 Å². The van der Waals surface area contributed by atoms with Crippen LogP contribution in [0.1, 0.15) is 19.3 Å². The third kappa shape index (κ3) is 3.94. The van der Waals surface area contributed by atoms with E-state index in [-0.39, 0.29) is 24.2 Å². The van der Waals surface area contributed by atoms with Gasteiger partial charge in [-0.2, -0.15) is 5.26 Å². The van der Waals surface area contributed by atoms with E-state index in [2.05, 4.69) is 20.3 Å². The Morgan fingerprint density at radius 3 is 3.10 bits per heavy atom. The Morgan fingerprint density at radius 2 is 2.28 bits per heavy atom. The molecule has 0 aromatic carbocycles. The number of nitrogens with zero attached hydrogens (tertiary/aromatic N) is 6. The summed E-state index contributed by atoms with van der Waals surface area (Å²) in [6, 6.07) is 6.39. The predicted octanol–water partition coefficient (Wildman–Crippen LogP) is 1.83. The summed E-state index contributed by atoms with van der Waals surface area (Å²) in [6.07, 6.45) is 4.45. The van der Waals surface area contributed by atoms with Crippen LogP contribution < -0.4 is 11.1 Å². The highest BCUT2D eigenvalue weighted by Crippen LogP contribution is 2.22. The molecule has 1 fully saturated rings. The molecule has 3 aromatic rings. The van der Waals surface area contributed by atoms with Gasteiger partial charge in [0.15, 0.2) is 5.82 Å². The molecule has 1 amide bonds. The van der Waals surface area contributed by atoms with Crippen molar-refractivity contribution in [2.45, 2.75) is 25.3 Å². The number of aromatic nitrogens is 4. The minimum Gasteiger partial charge on any atom is -0.384 e. The van der Waals surface area contributed by atoms with Crippen molar-refractivity contribution in [1.29, 1.82) is 5.26 Å². The van der Waals surface area contributed by atoms with Crippen molar-refractivity contribution in [2.24, 2.45) is 0 Å². The fourth-order valence-corrected chi connectivity index (χ4v) is 3.48. The van der Waals surface area contributed by atoms with Gasteiger partial charge in [-0.1, -0.05) is 0 Å². The molecule has 4 rings (SSSR count). The second-order valence-electron chi connectivity index (χ2n) is 6.88. The standard InChI is InChI=1S/C19H19FN8O/c20-12-3-4-17-23-9-14(28(17)10-12)19-25-15(22)8-16(26-19)24-13-2-1-7-27(11-13)18(29)5-6-21/h3-4,8-10,13H,1-2,5,7,11H2,(H3,22,24,25,26)/t13-/m1/s1. The van der Waals surface area contributed by atoms with Crippen molar-refractivity contribution in [3.8, 4) is 17.6 Å². The summed E-state index contributed by atoms with van der Waals surface area (Å²) in [5.41, 5.74) is 7.05. The molecule has 0 aliphatic carbocycles. The zero-order valence-electron chi connectivity index (χ0n) is 15.5. The molecule has 10 heteroatoms. The van der Waals surface area contributed by atoms with Gasteiger partial charge in [-0.3, -0.25) is 9.20 Å². The summed E-state index contributed by atoms with van der Waals surface area (Å²) in [5, 5.41) is 12.0. The smallest absolute Gasteiger partial charge is 0.236 e. The van der Waals surface area contributed by atoms with Gasteiger partial charge in [-0.05, 0) is 25.0 Å². The second kappa shape index (κ2) is 7.71. The van der Waals surface area contributed by atoms with E-state index in [4.69, 9.17) is 11.0 Å². The predicted molar refractivity (Wildman–Crippen MR) is 104 cm³/mol. The molecule has 1 aliphatic heterocycles. The van der Waals surface area contributed by atoms with Crippen molar-refractivity contribution in [1.82, 2.24) is 24.3 Å². The summed E-state index contributed by atoms with van der Waals surface area (Å²) in [5.74, 6) is 0.521. The van der Waals surface area contributed by atoms with Crippen molar-refractivity contribution in [3.05, 3.63) is 36.4 Å². The van der Waals surface area contributed by atoms with E-state index in [1.807, 2.05) is 6.07 Å². The highest BCUT2D eigenvalue weighted by molar-refractivity contribution is 5.78. The lowest BCUT2D eigenvalue weighted by Gasteiger charge is -2.33. The SMILES string of the molecule is N#CCC(=O)N1CCC[C@@H](Nc2cc(N)nc(-c3cnc4ccc(F)cn34)n2)C1. The molecule has 29 heavy (non-hydrogen) atoms. The number of nitrogen functional groups attached to an aromatic ring is 1. The van der Waals surface area contributed by atoms with Crippen LogP contribution in [-0.2, 0) is 4.79 Å². The van der Waals surface area contributed by atoms with Gasteiger partial charge in [-0.25, -0.2) is 19.3 Å². The number of likely N-dealkylation sites (tertiary alicyclic amines) is 1. The van der Waals surface area contributed by atoms with E-state index in [1.54, 1.807) is 27.6 Å². The maximum absolute atomic E-state index is 13.7.